The highest BCUT2D eigenvalue weighted by molar-refractivity contribution is 5.84. The molecule has 2 aromatic heterocycles. The van der Waals surface area contributed by atoms with Crippen LogP contribution in [-0.2, 0) is 0 Å². The molecule has 0 fully saturated rings. The highest BCUT2D eigenvalue weighted by atomic mass is 16.5. The Labute approximate surface area is 56.3 Å². The second-order valence-electron chi connectivity index (χ2n) is 1.97. The van der Waals surface area contributed by atoms with Gasteiger partial charge in [0, 0.05) is 12.3 Å². The molecule has 4 heteroatoms. The molecule has 0 aliphatic heterocycles. The molecular formula is C6H5N3O. The van der Waals surface area contributed by atoms with E-state index in [0.29, 0.717) is 5.58 Å². The first kappa shape index (κ1) is 5.22. The van der Waals surface area contributed by atoms with Crippen molar-refractivity contribution in [2.45, 2.75) is 0 Å². The van der Waals surface area contributed by atoms with Gasteiger partial charge >= 0.3 is 0 Å². The van der Waals surface area contributed by atoms with E-state index in [2.05, 4.69) is 10.1 Å². The third-order valence-electron chi connectivity index (χ3n) is 1.32. The van der Waals surface area contributed by atoms with Gasteiger partial charge in [-0.2, -0.15) is 0 Å². The lowest BCUT2D eigenvalue weighted by molar-refractivity contribution is 0.456. The van der Waals surface area contributed by atoms with E-state index in [-0.39, 0.29) is 0 Å². The van der Waals surface area contributed by atoms with Gasteiger partial charge in [0.05, 0.1) is 11.9 Å². The van der Waals surface area contributed by atoms with Crippen molar-refractivity contribution in [2.24, 2.45) is 0 Å². The Morgan fingerprint density at radius 1 is 1.70 bits per heavy atom. The Morgan fingerprint density at radius 3 is 3.30 bits per heavy atom. The molecule has 2 rings (SSSR count). The van der Waals surface area contributed by atoms with Crippen molar-refractivity contribution >= 4 is 17.3 Å². The van der Waals surface area contributed by atoms with E-state index in [1.165, 1.54) is 6.21 Å². The summed E-state index contributed by atoms with van der Waals surface area (Å²) >= 11 is 0. The van der Waals surface area contributed by atoms with Crippen molar-refractivity contribution < 1.29 is 4.52 Å². The molecule has 0 atom stereocenters. The first-order chi connectivity index (χ1) is 4.90. The van der Waals surface area contributed by atoms with Gasteiger partial charge in [0.1, 0.15) is 5.52 Å². The standard InChI is InChI=1S/C6H5N3O/c7-2-4-1-6-5(9-4)3-8-10-6/h1-3,7,9H. The van der Waals surface area contributed by atoms with Crippen LogP contribution in [0.5, 0.6) is 0 Å². The zero-order chi connectivity index (χ0) is 6.97. The van der Waals surface area contributed by atoms with Crippen molar-refractivity contribution in [1.29, 1.82) is 5.41 Å². The quantitative estimate of drug-likeness (QED) is 0.576. The van der Waals surface area contributed by atoms with Gasteiger partial charge in [-0.1, -0.05) is 5.16 Å². The van der Waals surface area contributed by atoms with E-state index in [9.17, 15) is 0 Å². The average molecular weight is 135 g/mol. The van der Waals surface area contributed by atoms with E-state index in [1.807, 2.05) is 0 Å². The number of hydrogen-bond donors (Lipinski definition) is 2. The van der Waals surface area contributed by atoms with Gasteiger partial charge < -0.3 is 14.9 Å². The van der Waals surface area contributed by atoms with E-state index < -0.39 is 0 Å². The average Bonchev–Trinajstić information content (AvgIpc) is 2.42. The van der Waals surface area contributed by atoms with Gasteiger partial charge in [-0.3, -0.25) is 0 Å². The Bertz CT molecular complexity index is 331. The van der Waals surface area contributed by atoms with Crippen LogP contribution >= 0.6 is 0 Å². The van der Waals surface area contributed by atoms with Crippen molar-refractivity contribution in [1.82, 2.24) is 10.1 Å². The molecule has 0 saturated heterocycles. The molecule has 50 valence electrons. The summed E-state index contributed by atoms with van der Waals surface area (Å²) in [4.78, 5) is 2.93. The second-order valence-corrected chi connectivity index (χ2v) is 1.97. The largest absolute Gasteiger partial charge is 0.355 e. The molecular weight excluding hydrogens is 130 g/mol. The lowest BCUT2D eigenvalue weighted by Crippen LogP contribution is -1.74. The summed E-state index contributed by atoms with van der Waals surface area (Å²) < 4.78 is 4.82. The first-order valence-electron chi connectivity index (χ1n) is 2.84. The summed E-state index contributed by atoms with van der Waals surface area (Å²) in [6.45, 7) is 0. The maximum absolute atomic E-state index is 6.90. The van der Waals surface area contributed by atoms with Crippen molar-refractivity contribution in [3.05, 3.63) is 18.0 Å². The third kappa shape index (κ3) is 0.556. The predicted molar refractivity (Wildman–Crippen MR) is 36.2 cm³/mol. The van der Waals surface area contributed by atoms with Crippen LogP contribution in [0.3, 0.4) is 0 Å². The smallest absolute Gasteiger partial charge is 0.185 e. The Kier molecular flexibility index (Phi) is 0.887. The van der Waals surface area contributed by atoms with Crippen LogP contribution in [0.2, 0.25) is 0 Å². The van der Waals surface area contributed by atoms with E-state index in [0.717, 1.165) is 11.2 Å². The van der Waals surface area contributed by atoms with Gasteiger partial charge in [0.15, 0.2) is 5.58 Å². The minimum atomic E-state index is 0.693. The number of aromatic nitrogens is 2. The number of nitrogens with one attached hydrogen (secondary N) is 2. The third-order valence-corrected chi connectivity index (χ3v) is 1.32. The molecule has 0 aliphatic rings. The number of aromatic amines is 1. The SMILES string of the molecule is N=Cc1cc2oncc2[nH]1. The lowest BCUT2D eigenvalue weighted by Gasteiger charge is -1.75. The van der Waals surface area contributed by atoms with Crippen LogP contribution in [0.1, 0.15) is 5.69 Å². The fourth-order valence-electron chi connectivity index (χ4n) is 0.857. The Morgan fingerprint density at radius 2 is 2.60 bits per heavy atom. The predicted octanol–water partition coefficient (Wildman–Crippen LogP) is 1.15. The van der Waals surface area contributed by atoms with Gasteiger partial charge in [0.2, 0.25) is 0 Å². The maximum atomic E-state index is 6.90. The molecule has 0 unspecified atom stereocenters. The first-order valence-corrected chi connectivity index (χ1v) is 2.84. The van der Waals surface area contributed by atoms with Crippen LogP contribution in [0.15, 0.2) is 16.8 Å². The molecule has 0 amide bonds. The summed E-state index contributed by atoms with van der Waals surface area (Å²) in [5, 5.41) is 10.5. The van der Waals surface area contributed by atoms with Crippen LogP contribution < -0.4 is 0 Å². The number of hydrogen-bond acceptors (Lipinski definition) is 3. The van der Waals surface area contributed by atoms with Crippen LogP contribution in [0.4, 0.5) is 0 Å². The number of nitrogens with zero attached hydrogens (tertiary/aromatic N) is 1. The molecule has 0 spiro atoms. The van der Waals surface area contributed by atoms with Gasteiger partial charge in [-0.25, -0.2) is 0 Å². The highest BCUT2D eigenvalue weighted by Gasteiger charge is 2.00. The fraction of sp³-hybridized carbons (Fsp3) is 0. The van der Waals surface area contributed by atoms with E-state index in [4.69, 9.17) is 9.93 Å². The summed E-state index contributed by atoms with van der Waals surface area (Å²) in [5.41, 5.74) is 2.26. The van der Waals surface area contributed by atoms with Crippen LogP contribution in [-0.4, -0.2) is 16.4 Å². The Balaban J connectivity index is 2.78. The molecule has 2 aromatic rings. The number of fused-ring (bicyclic) bond motifs is 1. The number of H-pyrrole nitrogens is 1. The van der Waals surface area contributed by atoms with Crippen molar-refractivity contribution in [3.63, 3.8) is 0 Å². The van der Waals surface area contributed by atoms with Gasteiger partial charge in [-0.05, 0) is 0 Å². The lowest BCUT2D eigenvalue weighted by atomic mass is 10.4. The molecule has 0 saturated carbocycles. The van der Waals surface area contributed by atoms with Gasteiger partial charge in [-0.15, -0.1) is 0 Å². The molecule has 4 nitrogen and oxygen atoms in total. The van der Waals surface area contributed by atoms with Crippen LogP contribution in [0.25, 0.3) is 11.1 Å². The van der Waals surface area contributed by atoms with Crippen LogP contribution in [0, 0.1) is 5.41 Å². The Hall–Kier alpha value is -1.58. The summed E-state index contributed by atoms with van der Waals surface area (Å²) in [5.74, 6) is 0. The summed E-state index contributed by atoms with van der Waals surface area (Å²) in [6.07, 6.45) is 2.82. The monoisotopic (exact) mass is 135 g/mol. The number of rotatable bonds is 1. The molecule has 2 N–H and O–H groups in total. The minimum Gasteiger partial charge on any atom is -0.355 e. The molecule has 0 aliphatic carbocycles. The minimum absolute atomic E-state index is 0.693. The summed E-state index contributed by atoms with van der Waals surface area (Å²) in [7, 11) is 0. The maximum Gasteiger partial charge on any atom is 0.185 e. The summed E-state index contributed by atoms with van der Waals surface area (Å²) in [6, 6.07) is 1.73. The molecule has 0 bridgehead atoms. The molecule has 0 aromatic carbocycles. The van der Waals surface area contributed by atoms with Crippen molar-refractivity contribution in [3.8, 4) is 0 Å². The zero-order valence-corrected chi connectivity index (χ0v) is 5.09. The topological polar surface area (TPSA) is 65.7 Å². The zero-order valence-electron chi connectivity index (χ0n) is 5.09. The molecule has 2 heterocycles. The molecule has 0 radical (unpaired) electrons. The van der Waals surface area contributed by atoms with E-state index in [1.54, 1.807) is 12.3 Å². The molecule has 10 heavy (non-hydrogen) atoms. The highest BCUT2D eigenvalue weighted by Crippen LogP contribution is 2.11. The second kappa shape index (κ2) is 1.70. The van der Waals surface area contributed by atoms with E-state index >= 15 is 0 Å². The fourth-order valence-corrected chi connectivity index (χ4v) is 0.857. The van der Waals surface area contributed by atoms with Crippen molar-refractivity contribution in [2.75, 3.05) is 0 Å². The normalized spacial score (nSPS) is 10.4. The van der Waals surface area contributed by atoms with Gasteiger partial charge in [0.25, 0.3) is 0 Å².